The smallest absolute Gasteiger partial charge is 0.320 e. The Morgan fingerprint density at radius 3 is 2.40 bits per heavy atom. The fraction of sp³-hybridized carbons (Fsp3) is 0.143. The average molecular weight is 408 g/mol. The summed E-state index contributed by atoms with van der Waals surface area (Å²) in [6, 6.07) is 18.6. The lowest BCUT2D eigenvalue weighted by Gasteiger charge is -2.23. The van der Waals surface area contributed by atoms with E-state index in [2.05, 4.69) is 5.32 Å². The molecule has 3 N–H and O–H groups in total. The lowest BCUT2D eigenvalue weighted by atomic mass is 10.1. The Hall–Kier alpha value is -3.98. The summed E-state index contributed by atoms with van der Waals surface area (Å²) in [4.78, 5) is 36.1. The van der Waals surface area contributed by atoms with Crippen molar-refractivity contribution in [1.29, 1.82) is 0 Å². The summed E-state index contributed by atoms with van der Waals surface area (Å²) in [5.41, 5.74) is 2.78. The van der Waals surface area contributed by atoms with Crippen molar-refractivity contribution in [3.63, 3.8) is 0 Å². The molecule has 0 saturated heterocycles. The Morgan fingerprint density at radius 1 is 1.00 bits per heavy atom. The molecule has 3 amide bonds. The second-order valence-corrected chi connectivity index (χ2v) is 6.59. The molecule has 0 radical (unpaired) electrons. The number of rotatable bonds is 7. The minimum Gasteiger partial charge on any atom is -0.320 e. The van der Waals surface area contributed by atoms with Gasteiger partial charge in [-0.2, -0.15) is 0 Å². The molecule has 154 valence electrons. The Morgan fingerprint density at radius 2 is 1.70 bits per heavy atom. The molecular formula is C21H20N4O5. The molecule has 0 saturated carbocycles. The number of carbonyl (C=O) groups is 2. The lowest BCUT2D eigenvalue weighted by molar-refractivity contribution is -0.384. The maximum Gasteiger partial charge on any atom is 0.322 e. The maximum absolute atomic E-state index is 12.9. The van der Waals surface area contributed by atoms with E-state index in [0.717, 1.165) is 10.8 Å². The van der Waals surface area contributed by atoms with Crippen LogP contribution in [0.25, 0.3) is 10.8 Å². The van der Waals surface area contributed by atoms with Gasteiger partial charge in [0.25, 0.3) is 5.69 Å². The predicted molar refractivity (Wildman–Crippen MR) is 111 cm³/mol. The van der Waals surface area contributed by atoms with E-state index in [1.54, 1.807) is 23.7 Å². The van der Waals surface area contributed by atoms with Crippen LogP contribution in [-0.2, 0) is 11.3 Å². The van der Waals surface area contributed by atoms with Gasteiger partial charge in [0.1, 0.15) is 0 Å². The van der Waals surface area contributed by atoms with Gasteiger partial charge in [-0.1, -0.05) is 48.5 Å². The van der Waals surface area contributed by atoms with Crippen LogP contribution in [0.2, 0.25) is 0 Å². The van der Waals surface area contributed by atoms with Crippen LogP contribution in [0.4, 0.5) is 16.2 Å². The Balaban J connectivity index is 1.80. The van der Waals surface area contributed by atoms with Crippen molar-refractivity contribution in [3.05, 3.63) is 82.4 Å². The molecule has 0 spiro atoms. The number of hydrogen-bond donors (Lipinski definition) is 3. The minimum absolute atomic E-state index is 0.0416. The molecule has 9 nitrogen and oxygen atoms in total. The van der Waals surface area contributed by atoms with E-state index in [-0.39, 0.29) is 25.2 Å². The van der Waals surface area contributed by atoms with E-state index in [1.165, 1.54) is 17.0 Å². The van der Waals surface area contributed by atoms with Crippen LogP contribution in [0.15, 0.2) is 66.7 Å². The van der Waals surface area contributed by atoms with Crippen LogP contribution in [-0.4, -0.2) is 33.5 Å². The van der Waals surface area contributed by atoms with Gasteiger partial charge in [0, 0.05) is 37.0 Å². The van der Waals surface area contributed by atoms with E-state index >= 15 is 0 Å². The molecule has 0 atom stereocenters. The van der Waals surface area contributed by atoms with Gasteiger partial charge >= 0.3 is 6.03 Å². The van der Waals surface area contributed by atoms with Gasteiger partial charge < -0.3 is 10.2 Å². The lowest BCUT2D eigenvalue weighted by Crippen LogP contribution is -2.37. The van der Waals surface area contributed by atoms with Gasteiger partial charge in [0.15, 0.2) is 0 Å². The van der Waals surface area contributed by atoms with E-state index in [4.69, 9.17) is 5.21 Å². The van der Waals surface area contributed by atoms with Crippen molar-refractivity contribution in [2.24, 2.45) is 0 Å². The molecule has 0 fully saturated rings. The van der Waals surface area contributed by atoms with E-state index in [0.29, 0.717) is 11.3 Å². The van der Waals surface area contributed by atoms with Gasteiger partial charge in [0.2, 0.25) is 5.91 Å². The second-order valence-electron chi connectivity index (χ2n) is 6.59. The summed E-state index contributed by atoms with van der Waals surface area (Å²) in [5.74, 6) is -0.623. The summed E-state index contributed by atoms with van der Waals surface area (Å²) in [6.45, 7) is 0.174. The van der Waals surface area contributed by atoms with Crippen molar-refractivity contribution in [3.8, 4) is 0 Å². The van der Waals surface area contributed by atoms with Gasteiger partial charge in [0.05, 0.1) is 10.6 Å². The van der Waals surface area contributed by atoms with Crippen molar-refractivity contribution in [2.75, 3.05) is 11.9 Å². The molecular weight excluding hydrogens is 388 g/mol. The first-order valence-electron chi connectivity index (χ1n) is 9.18. The molecule has 0 aromatic heterocycles. The first kappa shape index (κ1) is 20.7. The number of non-ortho nitro benzene ring substituents is 1. The number of amides is 3. The first-order valence-corrected chi connectivity index (χ1v) is 9.18. The Labute approximate surface area is 172 Å². The summed E-state index contributed by atoms with van der Waals surface area (Å²) in [5, 5.41) is 24.3. The second kappa shape index (κ2) is 9.48. The number of hydroxylamine groups is 1. The third-order valence-corrected chi connectivity index (χ3v) is 4.57. The summed E-state index contributed by atoms with van der Waals surface area (Å²) >= 11 is 0. The standard InChI is InChI=1S/C21H20N4O5/c26-20(23-28)12-13-24(14-15-8-10-17(11-9-15)25(29)30)21(27)22-19-7-3-5-16-4-1-2-6-18(16)19/h1-11,28H,12-14H2,(H,22,27)(H,23,26). The highest BCUT2D eigenvalue weighted by Crippen LogP contribution is 2.23. The maximum atomic E-state index is 12.9. The zero-order valence-electron chi connectivity index (χ0n) is 15.9. The summed E-state index contributed by atoms with van der Waals surface area (Å²) in [7, 11) is 0. The van der Waals surface area contributed by atoms with Gasteiger partial charge in [-0.05, 0) is 17.0 Å². The van der Waals surface area contributed by atoms with Gasteiger partial charge in [-0.15, -0.1) is 0 Å². The fourth-order valence-electron chi connectivity index (χ4n) is 3.02. The highest BCUT2D eigenvalue weighted by molar-refractivity contribution is 6.01. The fourth-order valence-corrected chi connectivity index (χ4v) is 3.02. The van der Waals surface area contributed by atoms with E-state index in [9.17, 15) is 19.7 Å². The molecule has 9 heteroatoms. The topological polar surface area (TPSA) is 125 Å². The van der Waals surface area contributed by atoms with Crippen molar-refractivity contribution >= 4 is 34.1 Å². The number of nitrogens with one attached hydrogen (secondary N) is 2. The molecule has 0 aliphatic carbocycles. The van der Waals surface area contributed by atoms with Crippen LogP contribution in [0.5, 0.6) is 0 Å². The first-order chi connectivity index (χ1) is 14.5. The number of urea groups is 1. The molecule has 3 rings (SSSR count). The molecule has 0 aliphatic rings. The highest BCUT2D eigenvalue weighted by atomic mass is 16.6. The van der Waals surface area contributed by atoms with Crippen molar-refractivity contribution in [1.82, 2.24) is 10.4 Å². The number of fused-ring (bicyclic) bond motifs is 1. The molecule has 0 unspecified atom stereocenters. The van der Waals surface area contributed by atoms with Crippen molar-refractivity contribution < 1.29 is 19.7 Å². The van der Waals surface area contributed by atoms with Crippen LogP contribution >= 0.6 is 0 Å². The Kier molecular flexibility index (Phi) is 6.56. The number of carbonyl (C=O) groups excluding carboxylic acids is 2. The van der Waals surface area contributed by atoms with Gasteiger partial charge in [-0.3, -0.25) is 20.1 Å². The number of hydrogen-bond acceptors (Lipinski definition) is 5. The average Bonchev–Trinajstić information content (AvgIpc) is 2.76. The summed E-state index contributed by atoms with van der Waals surface area (Å²) < 4.78 is 0. The predicted octanol–water partition coefficient (Wildman–Crippen LogP) is 3.68. The van der Waals surface area contributed by atoms with E-state index < -0.39 is 16.9 Å². The molecule has 30 heavy (non-hydrogen) atoms. The zero-order valence-corrected chi connectivity index (χ0v) is 15.9. The van der Waals surface area contributed by atoms with Crippen LogP contribution in [0, 0.1) is 10.1 Å². The molecule has 0 heterocycles. The van der Waals surface area contributed by atoms with Crippen LogP contribution < -0.4 is 10.8 Å². The van der Waals surface area contributed by atoms with Crippen LogP contribution in [0.3, 0.4) is 0 Å². The normalized spacial score (nSPS) is 10.4. The molecule has 3 aromatic carbocycles. The Bertz CT molecular complexity index is 1060. The third-order valence-electron chi connectivity index (χ3n) is 4.57. The SMILES string of the molecule is O=C(CCN(Cc1ccc([N+](=O)[O-])cc1)C(=O)Nc1cccc2ccccc12)NO. The molecule has 0 bridgehead atoms. The number of nitrogens with zero attached hydrogens (tertiary/aromatic N) is 2. The highest BCUT2D eigenvalue weighted by Gasteiger charge is 2.17. The molecule has 3 aromatic rings. The quantitative estimate of drug-likeness (QED) is 0.312. The van der Waals surface area contributed by atoms with Gasteiger partial charge in [-0.25, -0.2) is 10.3 Å². The summed E-state index contributed by atoms with van der Waals surface area (Å²) in [6.07, 6.45) is -0.105. The molecule has 0 aliphatic heterocycles. The van der Waals surface area contributed by atoms with Crippen LogP contribution in [0.1, 0.15) is 12.0 Å². The van der Waals surface area contributed by atoms with E-state index in [1.807, 2.05) is 36.4 Å². The number of benzene rings is 3. The number of anilines is 1. The third kappa shape index (κ3) is 5.09. The number of nitro groups is 1. The van der Waals surface area contributed by atoms with Crippen molar-refractivity contribution in [2.45, 2.75) is 13.0 Å². The zero-order chi connectivity index (χ0) is 21.5. The number of nitro benzene ring substituents is 1. The largest absolute Gasteiger partial charge is 0.322 e. The monoisotopic (exact) mass is 408 g/mol. The minimum atomic E-state index is -0.623.